The zero-order valence-corrected chi connectivity index (χ0v) is 12.3. The zero-order chi connectivity index (χ0) is 14.6. The lowest BCUT2D eigenvalue weighted by molar-refractivity contribution is 0.242. The quantitative estimate of drug-likeness (QED) is 0.481. The second-order valence-corrected chi connectivity index (χ2v) is 4.94. The van der Waals surface area contributed by atoms with Crippen LogP contribution in [0.5, 0.6) is 5.75 Å². The maximum absolute atomic E-state index is 9.02. The van der Waals surface area contributed by atoms with Crippen LogP contribution in [0, 0.1) is 23.7 Å². The Hall–Kier alpha value is -1.93. The molecule has 1 atom stereocenters. The van der Waals surface area contributed by atoms with Crippen LogP contribution in [0.15, 0.2) is 24.3 Å². The third kappa shape index (κ3) is 5.81. The Balaban J connectivity index is 2.37. The summed E-state index contributed by atoms with van der Waals surface area (Å²) in [6.07, 6.45) is 13.5. The van der Waals surface area contributed by atoms with Crippen molar-refractivity contribution in [3.8, 4) is 24.2 Å². The summed E-state index contributed by atoms with van der Waals surface area (Å²) in [6, 6.07) is 9.34. The Morgan fingerprint density at radius 1 is 1.15 bits per heavy atom. The third-order valence-electron chi connectivity index (χ3n) is 3.28. The molecule has 0 amide bonds. The second kappa shape index (κ2) is 9.93. The highest BCUT2D eigenvalue weighted by atomic mass is 16.5. The highest BCUT2D eigenvalue weighted by molar-refractivity contribution is 5.42. The van der Waals surface area contributed by atoms with Crippen LogP contribution in [0.4, 0.5) is 0 Å². The second-order valence-electron chi connectivity index (χ2n) is 4.94. The topological polar surface area (TPSA) is 33.0 Å². The Labute approximate surface area is 122 Å². The summed E-state index contributed by atoms with van der Waals surface area (Å²) in [6.45, 7) is 2.22. The van der Waals surface area contributed by atoms with Crippen LogP contribution in [-0.2, 0) is 0 Å². The average Bonchev–Trinajstić information content (AvgIpc) is 2.50. The molecule has 0 saturated heterocycles. The minimum Gasteiger partial charge on any atom is -0.476 e. The lowest BCUT2D eigenvalue weighted by atomic mass is 10.1. The van der Waals surface area contributed by atoms with E-state index in [1.807, 2.05) is 12.1 Å². The summed E-state index contributed by atoms with van der Waals surface area (Å²) < 4.78 is 5.75. The van der Waals surface area contributed by atoms with Gasteiger partial charge in [0.25, 0.3) is 0 Å². The van der Waals surface area contributed by atoms with Crippen molar-refractivity contribution in [2.75, 3.05) is 0 Å². The highest BCUT2D eigenvalue weighted by Gasteiger charge is 2.09. The zero-order valence-electron chi connectivity index (χ0n) is 12.3. The number of ether oxygens (including phenoxy) is 1. The van der Waals surface area contributed by atoms with E-state index < -0.39 is 0 Å². The molecule has 106 valence electrons. The van der Waals surface area contributed by atoms with Gasteiger partial charge in [0.05, 0.1) is 5.56 Å². The number of terminal acetylenes is 1. The van der Waals surface area contributed by atoms with Crippen LogP contribution < -0.4 is 4.74 Å². The molecule has 20 heavy (non-hydrogen) atoms. The summed E-state index contributed by atoms with van der Waals surface area (Å²) in [7, 11) is 0. The number of nitriles is 1. The molecule has 0 spiro atoms. The number of unbranched alkanes of at least 4 members (excludes halogenated alkanes) is 5. The first-order chi connectivity index (χ1) is 9.81. The molecule has 0 aliphatic carbocycles. The molecule has 0 radical (unpaired) electrons. The van der Waals surface area contributed by atoms with E-state index in [0.717, 1.165) is 12.8 Å². The molecule has 0 saturated carbocycles. The third-order valence-corrected chi connectivity index (χ3v) is 3.28. The SMILES string of the molecule is C#CC(CCCCCCCC)Oc1ccccc1C#N. The van der Waals surface area contributed by atoms with Crippen LogP contribution in [0.25, 0.3) is 0 Å². The largest absolute Gasteiger partial charge is 0.476 e. The van der Waals surface area contributed by atoms with E-state index in [-0.39, 0.29) is 6.10 Å². The molecule has 1 aromatic rings. The van der Waals surface area contributed by atoms with Gasteiger partial charge in [0, 0.05) is 0 Å². The van der Waals surface area contributed by atoms with E-state index in [1.54, 1.807) is 12.1 Å². The van der Waals surface area contributed by atoms with Gasteiger partial charge in [-0.2, -0.15) is 5.26 Å². The summed E-state index contributed by atoms with van der Waals surface area (Å²) in [5, 5.41) is 9.02. The van der Waals surface area contributed by atoms with Crippen LogP contribution in [0.2, 0.25) is 0 Å². The van der Waals surface area contributed by atoms with Gasteiger partial charge in [-0.3, -0.25) is 0 Å². The molecular weight excluding hydrogens is 246 g/mol. The fourth-order valence-electron chi connectivity index (χ4n) is 2.10. The first-order valence-electron chi connectivity index (χ1n) is 7.43. The molecule has 2 nitrogen and oxygen atoms in total. The molecule has 0 fully saturated rings. The number of rotatable bonds is 9. The number of benzene rings is 1. The van der Waals surface area contributed by atoms with Crippen LogP contribution in [-0.4, -0.2) is 6.10 Å². The summed E-state index contributed by atoms with van der Waals surface area (Å²) in [5.41, 5.74) is 0.538. The van der Waals surface area contributed by atoms with E-state index in [2.05, 4.69) is 18.9 Å². The van der Waals surface area contributed by atoms with Gasteiger partial charge in [-0.25, -0.2) is 0 Å². The monoisotopic (exact) mass is 269 g/mol. The van der Waals surface area contributed by atoms with E-state index in [9.17, 15) is 0 Å². The maximum Gasteiger partial charge on any atom is 0.159 e. The van der Waals surface area contributed by atoms with Crippen molar-refractivity contribution in [1.82, 2.24) is 0 Å². The van der Waals surface area contributed by atoms with E-state index in [4.69, 9.17) is 16.4 Å². The predicted molar refractivity (Wildman–Crippen MR) is 82.4 cm³/mol. The van der Waals surface area contributed by atoms with Crippen molar-refractivity contribution in [2.24, 2.45) is 0 Å². The van der Waals surface area contributed by atoms with Crippen molar-refractivity contribution >= 4 is 0 Å². The lowest BCUT2D eigenvalue weighted by Crippen LogP contribution is -2.14. The normalized spacial score (nSPS) is 11.3. The first kappa shape index (κ1) is 16.1. The Bertz CT molecular complexity index is 467. The molecule has 0 N–H and O–H groups in total. The van der Waals surface area contributed by atoms with Gasteiger partial charge in [-0.15, -0.1) is 6.42 Å². The van der Waals surface area contributed by atoms with Crippen LogP contribution in [0.3, 0.4) is 0 Å². The van der Waals surface area contributed by atoms with Gasteiger partial charge in [-0.1, -0.05) is 57.1 Å². The number of hydrogen-bond acceptors (Lipinski definition) is 2. The molecule has 1 rings (SSSR count). The lowest BCUT2D eigenvalue weighted by Gasteiger charge is -2.14. The highest BCUT2D eigenvalue weighted by Crippen LogP contribution is 2.20. The molecule has 1 unspecified atom stereocenters. The van der Waals surface area contributed by atoms with E-state index in [0.29, 0.717) is 11.3 Å². The Morgan fingerprint density at radius 3 is 2.55 bits per heavy atom. The first-order valence-corrected chi connectivity index (χ1v) is 7.43. The molecule has 0 aromatic heterocycles. The molecule has 2 heteroatoms. The maximum atomic E-state index is 9.02. The summed E-state index contributed by atoms with van der Waals surface area (Å²) >= 11 is 0. The van der Waals surface area contributed by atoms with Crippen molar-refractivity contribution in [2.45, 2.75) is 58.0 Å². The van der Waals surface area contributed by atoms with Crippen molar-refractivity contribution in [3.05, 3.63) is 29.8 Å². The Morgan fingerprint density at radius 2 is 1.85 bits per heavy atom. The number of nitrogens with zero attached hydrogens (tertiary/aromatic N) is 1. The summed E-state index contributed by atoms with van der Waals surface area (Å²) in [4.78, 5) is 0. The fraction of sp³-hybridized carbons (Fsp3) is 0.500. The van der Waals surface area contributed by atoms with Gasteiger partial charge in [-0.05, 0) is 25.0 Å². The van der Waals surface area contributed by atoms with Crippen LogP contribution >= 0.6 is 0 Å². The minimum absolute atomic E-state index is 0.240. The van der Waals surface area contributed by atoms with Gasteiger partial charge >= 0.3 is 0 Å². The molecule has 0 aliphatic heterocycles. The van der Waals surface area contributed by atoms with Crippen LogP contribution in [0.1, 0.15) is 57.4 Å². The Kier molecular flexibility index (Phi) is 8.01. The van der Waals surface area contributed by atoms with Crippen molar-refractivity contribution in [1.29, 1.82) is 5.26 Å². The van der Waals surface area contributed by atoms with Gasteiger partial charge in [0.1, 0.15) is 11.8 Å². The molecule has 0 aliphatic rings. The summed E-state index contributed by atoms with van der Waals surface area (Å²) in [5.74, 6) is 3.26. The minimum atomic E-state index is -0.240. The molecule has 0 heterocycles. The molecular formula is C18H23NO. The molecule has 1 aromatic carbocycles. The van der Waals surface area contributed by atoms with E-state index >= 15 is 0 Å². The van der Waals surface area contributed by atoms with E-state index in [1.165, 1.54) is 32.1 Å². The van der Waals surface area contributed by atoms with Crippen molar-refractivity contribution in [3.63, 3.8) is 0 Å². The smallest absolute Gasteiger partial charge is 0.159 e. The standard InChI is InChI=1S/C18H23NO/c1-3-5-6-7-8-9-13-17(4-2)20-18-14-11-10-12-16(18)15-19/h2,10-12,14,17H,3,5-9,13H2,1H3. The van der Waals surface area contributed by atoms with Gasteiger partial charge < -0.3 is 4.74 Å². The number of hydrogen-bond donors (Lipinski definition) is 0. The fourth-order valence-corrected chi connectivity index (χ4v) is 2.10. The van der Waals surface area contributed by atoms with Gasteiger partial charge in [0.2, 0.25) is 0 Å². The molecule has 0 bridgehead atoms. The predicted octanol–water partition coefficient (Wildman–Crippen LogP) is 4.69. The average molecular weight is 269 g/mol. The number of para-hydroxylation sites is 1. The van der Waals surface area contributed by atoms with Crippen molar-refractivity contribution < 1.29 is 4.74 Å². The van der Waals surface area contributed by atoms with Gasteiger partial charge in [0.15, 0.2) is 6.10 Å².